The van der Waals surface area contributed by atoms with E-state index in [2.05, 4.69) is 59.7 Å². The lowest BCUT2D eigenvalue weighted by Crippen LogP contribution is -2.29. The number of benzene rings is 2. The third kappa shape index (κ3) is 2.96. The summed E-state index contributed by atoms with van der Waals surface area (Å²) in [6, 6.07) is 17.1. The first kappa shape index (κ1) is 15.4. The van der Waals surface area contributed by atoms with E-state index in [9.17, 15) is 4.79 Å². The van der Waals surface area contributed by atoms with Gasteiger partial charge in [0.05, 0.1) is 0 Å². The van der Waals surface area contributed by atoms with Gasteiger partial charge in [-0.15, -0.1) is 0 Å². The monoisotopic (exact) mass is 320 g/mol. The molecule has 0 spiro atoms. The van der Waals surface area contributed by atoms with Crippen LogP contribution >= 0.6 is 0 Å². The zero-order valence-corrected chi connectivity index (χ0v) is 14.2. The number of nitrogens with one attached hydrogen (secondary N) is 1. The Hall–Kier alpha value is -2.13. The maximum absolute atomic E-state index is 12.5. The fraction of sp³-hybridized carbons (Fsp3) is 0.381. The Morgan fingerprint density at radius 3 is 2.67 bits per heavy atom. The van der Waals surface area contributed by atoms with Crippen molar-refractivity contribution in [3.8, 4) is 0 Å². The number of carbonyl (C=O) groups excluding carboxylic acids is 1. The molecule has 0 unspecified atom stereocenters. The third-order valence-electron chi connectivity index (χ3n) is 5.46. The minimum absolute atomic E-state index is 0.101. The summed E-state index contributed by atoms with van der Waals surface area (Å²) in [5, 5.41) is 3.13. The maximum Gasteiger partial charge on any atom is 0.251 e. The molecule has 1 saturated heterocycles. The lowest BCUT2D eigenvalue weighted by molar-refractivity contribution is 0.0951. The molecule has 0 aliphatic carbocycles. The number of aryl methyl sites for hydroxylation is 2. The Balaban J connectivity index is 1.58. The second-order valence-corrected chi connectivity index (χ2v) is 7.21. The zero-order chi connectivity index (χ0) is 16.5. The van der Waals surface area contributed by atoms with E-state index < -0.39 is 0 Å². The van der Waals surface area contributed by atoms with Gasteiger partial charge in [0, 0.05) is 31.1 Å². The minimum atomic E-state index is 0.101. The van der Waals surface area contributed by atoms with E-state index >= 15 is 0 Å². The van der Waals surface area contributed by atoms with Crippen molar-refractivity contribution in [3.05, 3.63) is 70.8 Å². The Morgan fingerprint density at radius 1 is 1.04 bits per heavy atom. The number of fused-ring (bicyclic) bond motifs is 3. The maximum atomic E-state index is 12.5. The SMILES string of the molecule is CN1C[C@@H]2CNC(=O)c3cc(CCc4ccccc4)ccc3[C@H]2C1. The van der Waals surface area contributed by atoms with Crippen LogP contribution in [-0.2, 0) is 12.8 Å². The highest BCUT2D eigenvalue weighted by atomic mass is 16.1. The van der Waals surface area contributed by atoms with Crippen molar-refractivity contribution in [2.24, 2.45) is 5.92 Å². The van der Waals surface area contributed by atoms with Gasteiger partial charge < -0.3 is 10.2 Å². The topological polar surface area (TPSA) is 32.3 Å². The molecule has 124 valence electrons. The standard InChI is InChI=1S/C21H24N2O/c1-23-13-17-12-22-21(24)19-11-16(9-10-18(19)20(17)14-23)8-7-15-5-3-2-4-6-15/h2-6,9-11,17,20H,7-8,12-14H2,1H3,(H,22,24)/t17-,20-/m0/s1. The molecule has 3 nitrogen and oxygen atoms in total. The number of rotatable bonds is 3. The van der Waals surface area contributed by atoms with Gasteiger partial charge in [-0.05, 0) is 48.6 Å². The first-order valence-corrected chi connectivity index (χ1v) is 8.84. The normalized spacial score (nSPS) is 23.3. The summed E-state index contributed by atoms with van der Waals surface area (Å²) in [6.07, 6.45) is 1.98. The van der Waals surface area contributed by atoms with E-state index in [1.54, 1.807) is 0 Å². The van der Waals surface area contributed by atoms with Crippen molar-refractivity contribution >= 4 is 5.91 Å². The summed E-state index contributed by atoms with van der Waals surface area (Å²) < 4.78 is 0. The van der Waals surface area contributed by atoms with Gasteiger partial charge in [-0.2, -0.15) is 0 Å². The van der Waals surface area contributed by atoms with Gasteiger partial charge in [0.1, 0.15) is 0 Å². The van der Waals surface area contributed by atoms with Crippen LogP contribution in [0.4, 0.5) is 0 Å². The summed E-state index contributed by atoms with van der Waals surface area (Å²) in [5.74, 6) is 1.12. The lowest BCUT2D eigenvalue weighted by atomic mass is 9.86. The van der Waals surface area contributed by atoms with Crippen LogP contribution in [-0.4, -0.2) is 37.5 Å². The molecule has 1 fully saturated rings. The average Bonchev–Trinajstić information content (AvgIpc) is 2.93. The average molecular weight is 320 g/mol. The highest BCUT2D eigenvalue weighted by Crippen LogP contribution is 2.35. The predicted octanol–water partition coefficient (Wildman–Crippen LogP) is 2.86. The molecule has 0 radical (unpaired) electrons. The van der Waals surface area contributed by atoms with Crippen LogP contribution in [0, 0.1) is 5.92 Å². The van der Waals surface area contributed by atoms with Gasteiger partial charge >= 0.3 is 0 Å². The summed E-state index contributed by atoms with van der Waals surface area (Å²) in [6.45, 7) is 2.91. The summed E-state index contributed by atoms with van der Waals surface area (Å²) in [7, 11) is 2.17. The molecule has 24 heavy (non-hydrogen) atoms. The number of amides is 1. The van der Waals surface area contributed by atoms with E-state index in [4.69, 9.17) is 0 Å². The van der Waals surface area contributed by atoms with Crippen molar-refractivity contribution in [2.45, 2.75) is 18.8 Å². The summed E-state index contributed by atoms with van der Waals surface area (Å²) >= 11 is 0. The van der Waals surface area contributed by atoms with Gasteiger partial charge in [0.15, 0.2) is 0 Å². The van der Waals surface area contributed by atoms with Crippen LogP contribution in [0.5, 0.6) is 0 Å². The number of hydrogen-bond acceptors (Lipinski definition) is 2. The Morgan fingerprint density at radius 2 is 1.83 bits per heavy atom. The molecule has 1 amide bonds. The molecule has 2 aromatic carbocycles. The predicted molar refractivity (Wildman–Crippen MR) is 96.4 cm³/mol. The number of likely N-dealkylation sites (N-methyl/N-ethyl adjacent to an activating group) is 1. The Labute approximate surface area is 143 Å². The molecule has 3 heteroatoms. The number of carbonyl (C=O) groups is 1. The summed E-state index contributed by atoms with van der Waals surface area (Å²) in [5.41, 5.74) is 4.72. The van der Waals surface area contributed by atoms with Gasteiger partial charge in [0.2, 0.25) is 0 Å². The number of nitrogens with zero attached hydrogens (tertiary/aromatic N) is 1. The first-order chi connectivity index (χ1) is 11.7. The molecule has 0 bridgehead atoms. The Bertz CT molecular complexity index is 741. The van der Waals surface area contributed by atoms with Gasteiger partial charge in [-0.3, -0.25) is 4.79 Å². The molecular weight excluding hydrogens is 296 g/mol. The van der Waals surface area contributed by atoms with E-state index in [0.717, 1.165) is 38.0 Å². The van der Waals surface area contributed by atoms with E-state index in [-0.39, 0.29) is 5.91 Å². The highest BCUT2D eigenvalue weighted by Gasteiger charge is 2.36. The molecular formula is C21H24N2O. The first-order valence-electron chi connectivity index (χ1n) is 8.84. The molecule has 2 heterocycles. The smallest absolute Gasteiger partial charge is 0.251 e. The van der Waals surface area contributed by atoms with E-state index in [0.29, 0.717) is 11.8 Å². The van der Waals surface area contributed by atoms with Crippen molar-refractivity contribution in [1.82, 2.24) is 10.2 Å². The Kier molecular flexibility index (Phi) is 4.11. The quantitative estimate of drug-likeness (QED) is 0.943. The fourth-order valence-corrected chi connectivity index (χ4v) is 4.18. The molecule has 2 aliphatic heterocycles. The van der Waals surface area contributed by atoms with E-state index in [1.165, 1.54) is 16.7 Å². The zero-order valence-electron chi connectivity index (χ0n) is 14.2. The molecule has 0 saturated carbocycles. The van der Waals surface area contributed by atoms with Gasteiger partial charge in [0.25, 0.3) is 5.91 Å². The highest BCUT2D eigenvalue weighted by molar-refractivity contribution is 5.96. The largest absolute Gasteiger partial charge is 0.352 e. The third-order valence-corrected chi connectivity index (χ3v) is 5.46. The van der Waals surface area contributed by atoms with E-state index in [1.807, 2.05) is 6.07 Å². The van der Waals surface area contributed by atoms with Crippen molar-refractivity contribution in [1.29, 1.82) is 0 Å². The lowest BCUT2D eigenvalue weighted by Gasteiger charge is -2.17. The van der Waals surface area contributed by atoms with Crippen molar-refractivity contribution in [3.63, 3.8) is 0 Å². The molecule has 2 aliphatic rings. The van der Waals surface area contributed by atoms with Crippen molar-refractivity contribution < 1.29 is 4.79 Å². The van der Waals surface area contributed by atoms with Crippen LogP contribution in [0.1, 0.15) is 33.0 Å². The molecule has 1 N–H and O–H groups in total. The fourth-order valence-electron chi connectivity index (χ4n) is 4.18. The van der Waals surface area contributed by atoms with Crippen molar-refractivity contribution in [2.75, 3.05) is 26.7 Å². The van der Waals surface area contributed by atoms with Crippen LogP contribution in [0.2, 0.25) is 0 Å². The van der Waals surface area contributed by atoms with Crippen LogP contribution in [0.3, 0.4) is 0 Å². The molecule has 0 aromatic heterocycles. The second kappa shape index (κ2) is 6.40. The molecule has 4 rings (SSSR count). The van der Waals surface area contributed by atoms with Gasteiger partial charge in [-0.1, -0.05) is 42.5 Å². The van der Waals surface area contributed by atoms with Crippen LogP contribution in [0.15, 0.2) is 48.5 Å². The minimum Gasteiger partial charge on any atom is -0.352 e. The van der Waals surface area contributed by atoms with Gasteiger partial charge in [-0.25, -0.2) is 0 Å². The second-order valence-electron chi connectivity index (χ2n) is 7.21. The molecule has 2 atom stereocenters. The molecule has 2 aromatic rings. The number of likely N-dealkylation sites (tertiary alicyclic amines) is 1. The van der Waals surface area contributed by atoms with Crippen LogP contribution in [0.25, 0.3) is 0 Å². The number of hydrogen-bond donors (Lipinski definition) is 1. The van der Waals surface area contributed by atoms with Crippen LogP contribution < -0.4 is 5.32 Å². The summed E-state index contributed by atoms with van der Waals surface area (Å²) in [4.78, 5) is 14.9.